The number of ether oxygens (including phenoxy) is 8. The Morgan fingerprint density at radius 3 is 1.08 bits per heavy atom. The molecule has 0 aromatic rings. The van der Waals surface area contributed by atoms with Crippen LogP contribution in [-0.4, -0.2) is 205 Å². The first kappa shape index (κ1) is 111. The molecular weight excluding hydrogens is 1560 g/mol. The molecule has 704 valence electrons. The van der Waals surface area contributed by atoms with E-state index in [1.54, 1.807) is 0 Å². The fraction of sp³-hybridized carbons (Fsp3) is 0.915. The molecule has 19 unspecified atom stereocenters. The number of esters is 4. The van der Waals surface area contributed by atoms with Crippen LogP contribution in [0.3, 0.4) is 0 Å². The molecule has 19 atom stereocenters. The Bertz CT molecular complexity index is 2600. The Kier molecular flexibility index (Phi) is 66.6. The van der Waals surface area contributed by atoms with Gasteiger partial charge in [0.15, 0.2) is 24.8 Å². The van der Waals surface area contributed by atoms with Crippen LogP contribution in [0, 0.1) is 5.92 Å². The van der Waals surface area contributed by atoms with Gasteiger partial charge in [-0.25, -0.2) is 4.57 Å². The van der Waals surface area contributed by atoms with Crippen molar-refractivity contribution in [3.05, 3.63) is 24.3 Å². The van der Waals surface area contributed by atoms with E-state index < -0.39 is 162 Å². The Labute approximate surface area is 724 Å². The van der Waals surface area contributed by atoms with Crippen molar-refractivity contribution in [3.63, 3.8) is 0 Å². The van der Waals surface area contributed by atoms with Crippen LogP contribution in [-0.2, 0) is 70.7 Å². The van der Waals surface area contributed by atoms with Crippen molar-refractivity contribution in [2.24, 2.45) is 5.92 Å². The van der Waals surface area contributed by atoms with Gasteiger partial charge >= 0.3 is 31.7 Å². The normalized spacial score (nSPS) is 25.1. The number of carbonyl (C=O) groups is 4. The smallest absolute Gasteiger partial charge is 0.463 e. The second-order valence-electron chi connectivity index (χ2n) is 34.9. The van der Waals surface area contributed by atoms with Crippen LogP contribution >= 0.6 is 7.82 Å². The van der Waals surface area contributed by atoms with Gasteiger partial charge in [-0.2, -0.15) is 0 Å². The second kappa shape index (κ2) is 71.9. The molecule has 2 saturated heterocycles. The first-order valence-electron chi connectivity index (χ1n) is 48.5. The molecule has 0 bridgehead atoms. The largest absolute Gasteiger partial charge is 0.472 e. The molecule has 1 aliphatic carbocycles. The van der Waals surface area contributed by atoms with Crippen molar-refractivity contribution in [1.82, 2.24) is 0 Å². The number of aliphatic hydroxyl groups is 9. The Morgan fingerprint density at radius 1 is 0.350 bits per heavy atom. The molecule has 120 heavy (non-hydrogen) atoms. The lowest BCUT2D eigenvalue weighted by atomic mass is 9.84. The molecule has 10 N–H and O–H groups in total. The topological polar surface area (TPSA) is 380 Å². The summed E-state index contributed by atoms with van der Waals surface area (Å²) in [6, 6.07) is 0. The van der Waals surface area contributed by atoms with E-state index in [-0.39, 0.29) is 25.7 Å². The lowest BCUT2D eigenvalue weighted by Crippen LogP contribution is -2.70. The SMILES string of the molecule is CCCCCC/C=C\CCCCCCCCCC(=O)OC(COC(=O)CCCCCCCCC(C)CCCCCCCC)COP(=O)(O)OC1C(OC2OC(CO)C(O)C(O)C2O)C(O)C(O)C(OC(=O)CCCCCCCCC/C=C\CCCCCC)C1OC1OC(COC(=O)CCCCCCCCCCCCCCCCC)C(O)C(O)C1O. The maximum atomic E-state index is 14.9. The summed E-state index contributed by atoms with van der Waals surface area (Å²) >= 11 is 0. The summed E-state index contributed by atoms with van der Waals surface area (Å²) in [5, 5.41) is 102. The molecule has 0 spiro atoms. The van der Waals surface area contributed by atoms with Gasteiger partial charge in [0.05, 0.1) is 13.2 Å². The van der Waals surface area contributed by atoms with E-state index in [2.05, 4.69) is 58.9 Å². The van der Waals surface area contributed by atoms with E-state index in [0.29, 0.717) is 44.4 Å². The minimum Gasteiger partial charge on any atom is -0.463 e. The van der Waals surface area contributed by atoms with Crippen molar-refractivity contribution >= 4 is 31.7 Å². The van der Waals surface area contributed by atoms with Crippen LogP contribution in [0.5, 0.6) is 0 Å². The molecule has 0 amide bonds. The summed E-state index contributed by atoms with van der Waals surface area (Å²) in [6.45, 7) is 7.92. The molecule has 3 rings (SSSR count). The van der Waals surface area contributed by atoms with Gasteiger partial charge in [-0.1, -0.05) is 335 Å². The predicted molar refractivity (Wildman–Crippen MR) is 467 cm³/mol. The molecule has 0 aromatic heterocycles. The molecule has 3 aliphatic rings. The molecule has 25 nitrogen and oxygen atoms in total. The number of carbonyl (C=O) groups excluding carboxylic acids is 4. The van der Waals surface area contributed by atoms with Crippen molar-refractivity contribution in [2.45, 2.75) is 518 Å². The summed E-state index contributed by atoms with van der Waals surface area (Å²) in [6.07, 6.45) is 31.5. The summed E-state index contributed by atoms with van der Waals surface area (Å²) in [5.41, 5.74) is 0. The minimum absolute atomic E-state index is 0.0167. The van der Waals surface area contributed by atoms with Crippen LogP contribution in [0.15, 0.2) is 24.3 Å². The minimum atomic E-state index is -5.81. The van der Waals surface area contributed by atoms with Gasteiger partial charge in [-0.15, -0.1) is 0 Å². The van der Waals surface area contributed by atoms with Gasteiger partial charge in [0, 0.05) is 25.7 Å². The van der Waals surface area contributed by atoms with Gasteiger partial charge in [-0.05, 0) is 83.0 Å². The monoisotopic (exact) mass is 1730 g/mol. The van der Waals surface area contributed by atoms with E-state index in [9.17, 15) is 74.6 Å². The highest BCUT2D eigenvalue weighted by Gasteiger charge is 2.60. The van der Waals surface area contributed by atoms with E-state index >= 15 is 0 Å². The Hall–Kier alpha value is -3.05. The van der Waals surface area contributed by atoms with Gasteiger partial charge in [0.25, 0.3) is 0 Å². The third-order valence-corrected chi connectivity index (χ3v) is 24.8. The van der Waals surface area contributed by atoms with Crippen LogP contribution in [0.25, 0.3) is 0 Å². The fourth-order valence-corrected chi connectivity index (χ4v) is 17.0. The highest BCUT2D eigenvalue weighted by atomic mass is 31.2. The predicted octanol–water partition coefficient (Wildman–Crippen LogP) is 18.4. The molecule has 0 radical (unpaired) electrons. The van der Waals surface area contributed by atoms with E-state index in [0.717, 1.165) is 154 Å². The highest BCUT2D eigenvalue weighted by molar-refractivity contribution is 7.47. The van der Waals surface area contributed by atoms with E-state index in [4.69, 9.17) is 46.9 Å². The van der Waals surface area contributed by atoms with Crippen molar-refractivity contribution in [3.8, 4) is 0 Å². The van der Waals surface area contributed by atoms with Crippen LogP contribution in [0.4, 0.5) is 0 Å². The lowest BCUT2D eigenvalue weighted by molar-refractivity contribution is -0.360. The first-order chi connectivity index (χ1) is 58.1. The summed E-state index contributed by atoms with van der Waals surface area (Å²) in [5.74, 6) is -2.28. The fourth-order valence-electron chi connectivity index (χ4n) is 16.0. The van der Waals surface area contributed by atoms with Gasteiger partial charge in [-0.3, -0.25) is 28.2 Å². The van der Waals surface area contributed by atoms with Gasteiger partial charge in [0.2, 0.25) is 0 Å². The molecule has 26 heteroatoms. The average molecular weight is 1730 g/mol. The summed E-state index contributed by atoms with van der Waals surface area (Å²) in [4.78, 5) is 66.6. The highest BCUT2D eigenvalue weighted by Crippen LogP contribution is 2.49. The summed E-state index contributed by atoms with van der Waals surface area (Å²) < 4.78 is 73.6. The van der Waals surface area contributed by atoms with Crippen molar-refractivity contribution in [1.29, 1.82) is 0 Å². The zero-order valence-corrected chi connectivity index (χ0v) is 76.2. The van der Waals surface area contributed by atoms with Crippen LogP contribution < -0.4 is 0 Å². The number of hydrogen-bond donors (Lipinski definition) is 10. The standard InChI is InChI=1S/C94H173O25P/c1-6-10-14-18-22-25-28-31-34-37-40-43-46-53-60-66-78(97)111-72-76-82(101)84(103)88(107)94(115-76)118-91-89(116-80(99)68-62-56-48-45-42-39-36-33-30-27-24-20-16-12-8-3)85(104)86(105)90(117-93-87(106)83(102)81(100)75(69-95)114-93)92(91)119-120(108,109)112-71-74(113-79(98)67-61-55-47-44-41-38-35-32-29-26-23-19-15-11-7-2)70-110-77(96)65-59-54-50-49-52-58-64-73(5)63-57-51-21-17-13-9-4/h26-27,29-30,73-76,81-95,100-107H,6-25,28,31-72H2,1-5H3,(H,108,109)/b29-26-,30-27-. The molecule has 2 heterocycles. The van der Waals surface area contributed by atoms with Crippen LogP contribution in [0.2, 0.25) is 0 Å². The molecule has 3 fully saturated rings. The maximum absolute atomic E-state index is 14.9. The molecular formula is C94H173O25P. The zero-order valence-electron chi connectivity index (χ0n) is 75.3. The lowest BCUT2D eigenvalue weighted by Gasteiger charge is -2.50. The third kappa shape index (κ3) is 51.7. The quantitative estimate of drug-likeness (QED) is 0.00889. The van der Waals surface area contributed by atoms with E-state index in [1.807, 2.05) is 0 Å². The van der Waals surface area contributed by atoms with Gasteiger partial charge < -0.3 is 88.7 Å². The van der Waals surface area contributed by atoms with Crippen LogP contribution in [0.1, 0.15) is 413 Å². The first-order valence-corrected chi connectivity index (χ1v) is 50.0. The third-order valence-electron chi connectivity index (χ3n) is 23.8. The number of aliphatic hydroxyl groups excluding tert-OH is 9. The molecule has 2 aliphatic heterocycles. The van der Waals surface area contributed by atoms with Crippen molar-refractivity contribution in [2.75, 3.05) is 26.4 Å². The number of rotatable bonds is 78. The maximum Gasteiger partial charge on any atom is 0.472 e. The molecule has 0 aromatic carbocycles. The average Bonchev–Trinajstić information content (AvgIpc) is 0.754. The molecule has 1 saturated carbocycles. The summed E-state index contributed by atoms with van der Waals surface area (Å²) in [7, 11) is -5.81. The Balaban J connectivity index is 1.92. The number of phosphoric acid groups is 1. The number of hydrogen-bond acceptors (Lipinski definition) is 24. The van der Waals surface area contributed by atoms with Crippen molar-refractivity contribution < 1.29 is 122 Å². The Morgan fingerprint density at radius 2 is 0.675 bits per heavy atom. The number of phosphoric ester groups is 1. The number of allylic oxidation sites excluding steroid dienone is 4. The number of unbranched alkanes of at least 4 members (excludes halogenated alkanes) is 46. The second-order valence-corrected chi connectivity index (χ2v) is 36.3. The zero-order chi connectivity index (χ0) is 87.6. The van der Waals surface area contributed by atoms with Gasteiger partial charge in [0.1, 0.15) is 92.6 Å². The van der Waals surface area contributed by atoms with E-state index in [1.165, 1.54) is 161 Å².